The molecule has 2 aromatic rings. The van der Waals surface area contributed by atoms with Gasteiger partial charge >= 0.3 is 16.2 Å². The lowest BCUT2D eigenvalue weighted by atomic mass is 10.1. The minimum Gasteiger partial charge on any atom is -0.497 e. The Morgan fingerprint density at radius 1 is 1.29 bits per heavy atom. The molecule has 1 aliphatic heterocycles. The summed E-state index contributed by atoms with van der Waals surface area (Å²) in [5, 5.41) is 9.14. The normalized spacial score (nSPS) is 15.2. The van der Waals surface area contributed by atoms with Gasteiger partial charge < -0.3 is 14.6 Å². The molecule has 1 fully saturated rings. The van der Waals surface area contributed by atoms with Gasteiger partial charge in [0.15, 0.2) is 5.82 Å². The molecule has 0 unspecified atom stereocenters. The molecule has 2 N–H and O–H groups in total. The number of nitrogens with zero attached hydrogens (tertiary/aromatic N) is 1. The van der Waals surface area contributed by atoms with Gasteiger partial charge in [0.05, 0.1) is 12.7 Å². The highest BCUT2D eigenvalue weighted by molar-refractivity contribution is 7.92. The fraction of sp³-hybridized carbons (Fsp3) is 0.176. The maximum absolute atomic E-state index is 14.6. The van der Waals surface area contributed by atoms with Gasteiger partial charge in [-0.1, -0.05) is 12.1 Å². The number of nitrogens with one attached hydrogen (secondary N) is 1. The summed E-state index contributed by atoms with van der Waals surface area (Å²) in [5.74, 6) is -3.13. The van der Waals surface area contributed by atoms with Crippen molar-refractivity contribution in [1.29, 1.82) is 0 Å². The standard InChI is InChI=1S/C17H15FN2O7S/c1-26-12-4-2-10(3-5-12)9-27-14-7-11(17(22)23)6-13(18)16(14)20-8-15(21)19-28(20,24)25/h2-7H,8-9H2,1H3,(H,19,21)(H,22,23). The van der Waals surface area contributed by atoms with Crippen LogP contribution in [0.15, 0.2) is 36.4 Å². The number of rotatable bonds is 6. The Hall–Kier alpha value is -3.34. The quantitative estimate of drug-likeness (QED) is 0.736. The lowest BCUT2D eigenvalue weighted by molar-refractivity contribution is -0.117. The number of halogens is 1. The number of hydrogen-bond donors (Lipinski definition) is 2. The van der Waals surface area contributed by atoms with Gasteiger partial charge in [0, 0.05) is 0 Å². The monoisotopic (exact) mass is 410 g/mol. The number of carboxylic acid groups (broad SMARTS) is 1. The van der Waals surface area contributed by atoms with E-state index < -0.39 is 45.7 Å². The molecule has 1 aliphatic rings. The summed E-state index contributed by atoms with van der Waals surface area (Å²) < 4.78 is 51.6. The number of benzene rings is 2. The molecule has 28 heavy (non-hydrogen) atoms. The van der Waals surface area contributed by atoms with Crippen LogP contribution in [0.3, 0.4) is 0 Å². The largest absolute Gasteiger partial charge is 0.497 e. The molecule has 9 nitrogen and oxygen atoms in total. The maximum atomic E-state index is 14.6. The van der Waals surface area contributed by atoms with Crippen LogP contribution in [0.25, 0.3) is 0 Å². The zero-order valence-corrected chi connectivity index (χ0v) is 15.3. The third-order valence-corrected chi connectivity index (χ3v) is 5.28. The lowest BCUT2D eigenvalue weighted by Gasteiger charge is -2.20. The number of anilines is 1. The van der Waals surface area contributed by atoms with Gasteiger partial charge in [-0.3, -0.25) is 4.79 Å². The first-order valence-electron chi connectivity index (χ1n) is 7.87. The number of carbonyl (C=O) groups is 2. The molecule has 0 saturated carbocycles. The summed E-state index contributed by atoms with van der Waals surface area (Å²) in [6, 6.07) is 8.35. The SMILES string of the molecule is COc1ccc(COc2cc(C(=O)O)cc(F)c2N2CC(=O)NS2(=O)=O)cc1. The highest BCUT2D eigenvalue weighted by atomic mass is 32.2. The Labute approximate surface area is 159 Å². The fourth-order valence-corrected chi connectivity index (χ4v) is 3.75. The Morgan fingerprint density at radius 3 is 2.50 bits per heavy atom. The first-order valence-corrected chi connectivity index (χ1v) is 9.31. The van der Waals surface area contributed by atoms with Crippen LogP contribution in [-0.4, -0.2) is 39.1 Å². The minimum atomic E-state index is -4.31. The van der Waals surface area contributed by atoms with Crippen LogP contribution in [0, 0.1) is 5.82 Å². The Balaban J connectivity index is 1.99. The molecule has 0 atom stereocenters. The third kappa shape index (κ3) is 3.83. The van der Waals surface area contributed by atoms with Crippen LogP contribution in [-0.2, 0) is 21.6 Å². The Kier molecular flexibility index (Phi) is 5.10. The molecule has 0 aromatic heterocycles. The second-order valence-corrected chi connectivity index (χ2v) is 7.38. The smallest absolute Gasteiger partial charge is 0.335 e. The van der Waals surface area contributed by atoms with E-state index in [1.54, 1.807) is 29.0 Å². The maximum Gasteiger partial charge on any atom is 0.335 e. The van der Waals surface area contributed by atoms with Crippen molar-refractivity contribution >= 4 is 27.8 Å². The van der Waals surface area contributed by atoms with Crippen LogP contribution in [0.5, 0.6) is 11.5 Å². The van der Waals surface area contributed by atoms with E-state index in [0.29, 0.717) is 21.7 Å². The van der Waals surface area contributed by atoms with Crippen LogP contribution in [0.4, 0.5) is 10.1 Å². The topological polar surface area (TPSA) is 122 Å². The van der Waals surface area contributed by atoms with Gasteiger partial charge in [0.25, 0.3) is 5.91 Å². The van der Waals surface area contributed by atoms with E-state index in [1.165, 1.54) is 7.11 Å². The van der Waals surface area contributed by atoms with E-state index >= 15 is 0 Å². The predicted octanol–water partition coefficient (Wildman–Crippen LogP) is 1.29. The molecule has 0 bridgehead atoms. The molecule has 1 saturated heterocycles. The van der Waals surface area contributed by atoms with Gasteiger partial charge in [0.2, 0.25) is 0 Å². The zero-order valence-electron chi connectivity index (χ0n) is 14.5. The summed E-state index contributed by atoms with van der Waals surface area (Å²) in [4.78, 5) is 22.7. The second kappa shape index (κ2) is 7.35. The van der Waals surface area contributed by atoms with Gasteiger partial charge in [-0.2, -0.15) is 8.42 Å². The molecule has 0 spiro atoms. The summed E-state index contributed by atoms with van der Waals surface area (Å²) in [5.41, 5.74) is -0.329. The van der Waals surface area contributed by atoms with Crippen LogP contribution in [0.2, 0.25) is 0 Å². The van der Waals surface area contributed by atoms with Crippen molar-refractivity contribution in [3.63, 3.8) is 0 Å². The molecule has 1 heterocycles. The second-order valence-electron chi connectivity index (χ2n) is 5.78. The van der Waals surface area contributed by atoms with Crippen molar-refractivity contribution < 1.29 is 37.0 Å². The van der Waals surface area contributed by atoms with Crippen molar-refractivity contribution in [2.75, 3.05) is 18.0 Å². The van der Waals surface area contributed by atoms with Gasteiger partial charge in [0.1, 0.15) is 30.3 Å². The predicted molar refractivity (Wildman–Crippen MR) is 95.1 cm³/mol. The van der Waals surface area contributed by atoms with E-state index in [1.807, 2.05) is 0 Å². The molecule has 148 valence electrons. The molecular weight excluding hydrogens is 395 g/mol. The summed E-state index contributed by atoms with van der Waals surface area (Å²) >= 11 is 0. The number of carboxylic acids is 1. The van der Waals surface area contributed by atoms with Crippen LogP contribution in [0.1, 0.15) is 15.9 Å². The average molecular weight is 410 g/mol. The summed E-state index contributed by atoms with van der Waals surface area (Å²) in [6.07, 6.45) is 0. The van der Waals surface area contributed by atoms with E-state index in [-0.39, 0.29) is 12.4 Å². The van der Waals surface area contributed by atoms with Gasteiger partial charge in [-0.15, -0.1) is 0 Å². The zero-order chi connectivity index (χ0) is 20.5. The molecule has 1 amide bonds. The summed E-state index contributed by atoms with van der Waals surface area (Å²) in [6.45, 7) is -0.751. The van der Waals surface area contributed by atoms with Gasteiger partial charge in [-0.25, -0.2) is 18.2 Å². The molecule has 3 rings (SSSR count). The fourth-order valence-electron chi connectivity index (χ4n) is 2.58. The van der Waals surface area contributed by atoms with Crippen LogP contribution < -0.4 is 18.5 Å². The number of amides is 1. The van der Waals surface area contributed by atoms with E-state index in [9.17, 15) is 22.4 Å². The van der Waals surface area contributed by atoms with Crippen molar-refractivity contribution in [2.24, 2.45) is 0 Å². The van der Waals surface area contributed by atoms with Crippen molar-refractivity contribution in [3.05, 3.63) is 53.3 Å². The highest BCUT2D eigenvalue weighted by Gasteiger charge is 2.38. The number of aromatic carboxylic acids is 1. The Morgan fingerprint density at radius 2 is 1.96 bits per heavy atom. The van der Waals surface area contributed by atoms with Crippen molar-refractivity contribution in [1.82, 2.24) is 4.72 Å². The summed E-state index contributed by atoms with van der Waals surface area (Å²) in [7, 11) is -2.81. The van der Waals surface area contributed by atoms with E-state index in [0.717, 1.165) is 6.07 Å². The van der Waals surface area contributed by atoms with Crippen molar-refractivity contribution in [3.8, 4) is 11.5 Å². The molecule has 0 aliphatic carbocycles. The Bertz CT molecular complexity index is 1040. The number of carbonyl (C=O) groups excluding carboxylic acids is 1. The third-order valence-electron chi connectivity index (χ3n) is 3.90. The van der Waals surface area contributed by atoms with E-state index in [4.69, 9.17) is 14.6 Å². The van der Waals surface area contributed by atoms with E-state index in [2.05, 4.69) is 0 Å². The van der Waals surface area contributed by atoms with Crippen molar-refractivity contribution in [2.45, 2.75) is 6.61 Å². The first kappa shape index (κ1) is 19.4. The number of ether oxygens (including phenoxy) is 2. The minimum absolute atomic E-state index is 0.102. The number of hydrogen-bond acceptors (Lipinski definition) is 6. The van der Waals surface area contributed by atoms with Gasteiger partial charge in [-0.05, 0) is 29.8 Å². The lowest BCUT2D eigenvalue weighted by Crippen LogP contribution is -2.30. The van der Waals surface area contributed by atoms with Crippen LogP contribution >= 0.6 is 0 Å². The molecule has 0 radical (unpaired) electrons. The molecule has 2 aromatic carbocycles. The molecular formula is C17H15FN2O7S. The molecule has 11 heteroatoms. The average Bonchev–Trinajstić information content (AvgIpc) is 2.91. The number of methoxy groups -OCH3 is 1. The first-order chi connectivity index (χ1) is 13.2. The highest BCUT2D eigenvalue weighted by Crippen LogP contribution is 2.36.